The normalized spacial score (nSPS) is 10.4. The van der Waals surface area contributed by atoms with E-state index in [9.17, 15) is 9.90 Å². The highest BCUT2D eigenvalue weighted by Gasteiger charge is 2.17. The van der Waals surface area contributed by atoms with Crippen molar-refractivity contribution in [2.75, 3.05) is 18.1 Å². The largest absolute Gasteiger partial charge is 0.310 e. The third-order valence-corrected chi connectivity index (χ3v) is 2.14. The SMILES string of the molecule is CC(C)C(=O)N(CC[O])c1ccccc1. The molecule has 0 saturated heterocycles. The third kappa shape index (κ3) is 3.06. The van der Waals surface area contributed by atoms with Gasteiger partial charge in [-0.3, -0.25) is 4.79 Å². The van der Waals surface area contributed by atoms with Crippen LogP contribution in [0.4, 0.5) is 5.69 Å². The Morgan fingerprint density at radius 1 is 1.27 bits per heavy atom. The van der Waals surface area contributed by atoms with Crippen molar-refractivity contribution in [3.8, 4) is 0 Å². The maximum Gasteiger partial charge on any atom is 0.229 e. The van der Waals surface area contributed by atoms with Crippen LogP contribution < -0.4 is 4.90 Å². The van der Waals surface area contributed by atoms with Crippen LogP contribution in [0.5, 0.6) is 0 Å². The van der Waals surface area contributed by atoms with Gasteiger partial charge < -0.3 is 4.90 Å². The van der Waals surface area contributed by atoms with Gasteiger partial charge in [0.2, 0.25) is 5.91 Å². The summed E-state index contributed by atoms with van der Waals surface area (Å²) in [5.74, 6) is -0.0891. The van der Waals surface area contributed by atoms with Crippen LogP contribution in [0.15, 0.2) is 30.3 Å². The lowest BCUT2D eigenvalue weighted by atomic mass is 10.1. The van der Waals surface area contributed by atoms with Crippen LogP contribution in [-0.2, 0) is 9.90 Å². The van der Waals surface area contributed by atoms with Crippen LogP contribution in [0.1, 0.15) is 13.8 Å². The van der Waals surface area contributed by atoms with Crippen molar-refractivity contribution in [2.24, 2.45) is 5.92 Å². The zero-order valence-electron chi connectivity index (χ0n) is 9.14. The maximum absolute atomic E-state index is 11.8. The summed E-state index contributed by atoms with van der Waals surface area (Å²) >= 11 is 0. The van der Waals surface area contributed by atoms with Gasteiger partial charge in [-0.05, 0) is 12.1 Å². The average Bonchev–Trinajstić information content (AvgIpc) is 2.26. The van der Waals surface area contributed by atoms with Crippen LogP contribution in [0.2, 0.25) is 0 Å². The predicted octanol–water partition coefficient (Wildman–Crippen LogP) is 2.11. The summed E-state index contributed by atoms with van der Waals surface area (Å²) < 4.78 is 0. The van der Waals surface area contributed by atoms with Crippen molar-refractivity contribution in [2.45, 2.75) is 13.8 Å². The molecule has 0 atom stereocenters. The molecule has 0 fully saturated rings. The van der Waals surface area contributed by atoms with E-state index in [2.05, 4.69) is 0 Å². The van der Waals surface area contributed by atoms with Crippen molar-refractivity contribution >= 4 is 11.6 Å². The monoisotopic (exact) mass is 206 g/mol. The molecule has 0 heterocycles. The lowest BCUT2D eigenvalue weighted by molar-refractivity contribution is -0.121. The molecular formula is C12H16NO2. The fourth-order valence-electron chi connectivity index (χ4n) is 1.38. The minimum atomic E-state index is -0.270. The lowest BCUT2D eigenvalue weighted by Gasteiger charge is -2.23. The molecule has 0 unspecified atom stereocenters. The number of benzene rings is 1. The van der Waals surface area contributed by atoms with E-state index in [0.717, 1.165) is 5.69 Å². The van der Waals surface area contributed by atoms with Crippen molar-refractivity contribution in [3.63, 3.8) is 0 Å². The number of carbonyl (C=O) groups excluding carboxylic acids is 1. The van der Waals surface area contributed by atoms with Crippen LogP contribution in [0, 0.1) is 5.92 Å². The quantitative estimate of drug-likeness (QED) is 0.743. The summed E-state index contributed by atoms with van der Waals surface area (Å²) in [4.78, 5) is 13.4. The van der Waals surface area contributed by atoms with E-state index in [4.69, 9.17) is 0 Å². The van der Waals surface area contributed by atoms with E-state index in [1.165, 1.54) is 0 Å². The van der Waals surface area contributed by atoms with Gasteiger partial charge in [-0.1, -0.05) is 32.0 Å². The number of hydrogen-bond acceptors (Lipinski definition) is 1. The zero-order chi connectivity index (χ0) is 11.3. The molecule has 1 amide bonds. The minimum Gasteiger partial charge on any atom is -0.310 e. The van der Waals surface area contributed by atoms with Gasteiger partial charge in [0.1, 0.15) is 6.61 Å². The molecule has 1 aromatic rings. The summed E-state index contributed by atoms with van der Waals surface area (Å²) in [6, 6.07) is 9.30. The third-order valence-electron chi connectivity index (χ3n) is 2.14. The molecule has 1 rings (SSSR count). The first kappa shape index (κ1) is 11.7. The number of para-hydroxylation sites is 1. The molecule has 1 radical (unpaired) electrons. The van der Waals surface area contributed by atoms with Crippen LogP contribution in [-0.4, -0.2) is 19.1 Å². The highest BCUT2D eigenvalue weighted by molar-refractivity contribution is 5.94. The molecule has 81 valence electrons. The van der Waals surface area contributed by atoms with Crippen molar-refractivity contribution in [1.29, 1.82) is 0 Å². The number of rotatable bonds is 4. The van der Waals surface area contributed by atoms with Gasteiger partial charge >= 0.3 is 0 Å². The van der Waals surface area contributed by atoms with Crippen molar-refractivity contribution < 1.29 is 9.90 Å². The van der Waals surface area contributed by atoms with E-state index < -0.39 is 0 Å². The van der Waals surface area contributed by atoms with Gasteiger partial charge in [0.15, 0.2) is 0 Å². The molecule has 0 saturated carbocycles. The molecule has 3 nitrogen and oxygen atoms in total. The van der Waals surface area contributed by atoms with E-state index in [1.54, 1.807) is 4.90 Å². The topological polar surface area (TPSA) is 40.2 Å². The van der Waals surface area contributed by atoms with Crippen LogP contribution in [0.3, 0.4) is 0 Å². The van der Waals surface area contributed by atoms with Gasteiger partial charge in [-0.15, -0.1) is 0 Å². The molecule has 0 spiro atoms. The number of anilines is 1. The number of hydrogen-bond donors (Lipinski definition) is 0. The Labute approximate surface area is 90.3 Å². The Morgan fingerprint density at radius 3 is 2.33 bits per heavy atom. The first-order chi connectivity index (χ1) is 7.16. The molecular weight excluding hydrogens is 190 g/mol. The minimum absolute atomic E-state index is 0.00273. The summed E-state index contributed by atoms with van der Waals surface area (Å²) in [6.07, 6.45) is 0. The fourth-order valence-corrected chi connectivity index (χ4v) is 1.38. The van der Waals surface area contributed by atoms with Gasteiger partial charge in [0.05, 0.1) is 6.54 Å². The van der Waals surface area contributed by atoms with Crippen molar-refractivity contribution in [3.05, 3.63) is 30.3 Å². The fraction of sp³-hybridized carbons (Fsp3) is 0.417. The molecule has 0 aromatic heterocycles. The Kier molecular flexibility index (Phi) is 4.31. The van der Waals surface area contributed by atoms with E-state index in [0.29, 0.717) is 0 Å². The number of carbonyl (C=O) groups is 1. The Bertz CT molecular complexity index is 309. The second kappa shape index (κ2) is 5.51. The Morgan fingerprint density at radius 2 is 1.87 bits per heavy atom. The molecule has 0 bridgehead atoms. The van der Waals surface area contributed by atoms with Crippen LogP contribution >= 0.6 is 0 Å². The molecule has 3 heteroatoms. The van der Waals surface area contributed by atoms with E-state index in [1.807, 2.05) is 44.2 Å². The summed E-state index contributed by atoms with van der Waals surface area (Å²) in [5, 5.41) is 10.6. The molecule has 0 aliphatic heterocycles. The first-order valence-electron chi connectivity index (χ1n) is 5.11. The van der Waals surface area contributed by atoms with Crippen molar-refractivity contribution in [1.82, 2.24) is 0 Å². The highest BCUT2D eigenvalue weighted by atomic mass is 16.3. The molecule has 0 aliphatic rings. The van der Waals surface area contributed by atoms with E-state index >= 15 is 0 Å². The maximum atomic E-state index is 11.8. The van der Waals surface area contributed by atoms with Gasteiger partial charge in [0, 0.05) is 11.6 Å². The summed E-state index contributed by atoms with van der Waals surface area (Å²) in [5.41, 5.74) is 0.798. The number of nitrogens with zero attached hydrogens (tertiary/aromatic N) is 1. The Balaban J connectivity index is 2.88. The second-order valence-electron chi connectivity index (χ2n) is 3.68. The van der Waals surface area contributed by atoms with E-state index in [-0.39, 0.29) is 25.0 Å². The summed E-state index contributed by atoms with van der Waals surface area (Å²) in [6.45, 7) is 3.64. The highest BCUT2D eigenvalue weighted by Crippen LogP contribution is 2.15. The second-order valence-corrected chi connectivity index (χ2v) is 3.68. The standard InChI is InChI=1S/C12H16NO2/c1-10(2)12(15)13(8-9-14)11-6-4-3-5-7-11/h3-7,10H,8-9H2,1-2H3. The van der Waals surface area contributed by atoms with Gasteiger partial charge in [0.25, 0.3) is 0 Å². The smallest absolute Gasteiger partial charge is 0.229 e. The van der Waals surface area contributed by atoms with Gasteiger partial charge in [-0.2, -0.15) is 0 Å². The molecule has 0 aliphatic carbocycles. The average molecular weight is 206 g/mol. The molecule has 0 N–H and O–H groups in total. The Hall–Kier alpha value is -1.35. The number of amides is 1. The molecule has 15 heavy (non-hydrogen) atoms. The summed E-state index contributed by atoms with van der Waals surface area (Å²) in [7, 11) is 0. The predicted molar refractivity (Wildman–Crippen MR) is 59.2 cm³/mol. The zero-order valence-corrected chi connectivity index (χ0v) is 9.14. The molecule has 1 aromatic carbocycles. The first-order valence-corrected chi connectivity index (χ1v) is 5.11. The van der Waals surface area contributed by atoms with Gasteiger partial charge in [-0.25, -0.2) is 5.11 Å². The lowest BCUT2D eigenvalue weighted by Crippen LogP contribution is -2.36. The van der Waals surface area contributed by atoms with Crippen LogP contribution in [0.25, 0.3) is 0 Å².